The van der Waals surface area contributed by atoms with Gasteiger partial charge in [0.15, 0.2) is 0 Å². The Labute approximate surface area is 134 Å². The summed E-state index contributed by atoms with van der Waals surface area (Å²) < 4.78 is 44.4. The number of hydrogen-bond acceptors (Lipinski definition) is 1. The minimum atomic E-state index is -4.54. The van der Waals surface area contributed by atoms with Gasteiger partial charge in [0, 0.05) is 10.6 Å². The van der Waals surface area contributed by atoms with Crippen LogP contribution in [0.4, 0.5) is 13.2 Å². The topological polar surface area (TPSA) is 9.23 Å². The maximum Gasteiger partial charge on any atom is 0.417 e. The molecule has 21 heavy (non-hydrogen) atoms. The monoisotopic (exact) mass is 354 g/mol. The Hall–Kier alpha value is -1.10. The Morgan fingerprint density at radius 2 is 1.62 bits per heavy atom. The van der Waals surface area contributed by atoms with E-state index in [0.29, 0.717) is 0 Å². The van der Waals surface area contributed by atoms with Gasteiger partial charge in [-0.05, 0) is 35.9 Å². The lowest BCUT2D eigenvalue weighted by Crippen LogP contribution is -2.07. The summed E-state index contributed by atoms with van der Waals surface area (Å²) in [5, 5.41) is 0.269. The van der Waals surface area contributed by atoms with Crippen LogP contribution < -0.4 is 4.74 Å². The zero-order chi connectivity index (χ0) is 15.8. The fourth-order valence-electron chi connectivity index (χ4n) is 1.87. The van der Waals surface area contributed by atoms with Crippen molar-refractivity contribution in [3.8, 4) is 16.9 Å². The first-order chi connectivity index (χ1) is 9.74. The van der Waals surface area contributed by atoms with Crippen LogP contribution in [-0.4, -0.2) is 7.11 Å². The van der Waals surface area contributed by atoms with Crippen LogP contribution in [0.2, 0.25) is 15.1 Å². The number of rotatable bonds is 2. The molecule has 7 heteroatoms. The third-order valence-electron chi connectivity index (χ3n) is 2.82. The Bertz CT molecular complexity index is 684. The fourth-order valence-corrected chi connectivity index (χ4v) is 2.58. The minimum absolute atomic E-state index is 0.000167. The normalized spacial score (nSPS) is 11.6. The van der Waals surface area contributed by atoms with Gasteiger partial charge in [-0.1, -0.05) is 34.8 Å². The summed E-state index contributed by atoms with van der Waals surface area (Å²) in [5.74, 6) is 0.269. The summed E-state index contributed by atoms with van der Waals surface area (Å²) in [4.78, 5) is 0. The van der Waals surface area contributed by atoms with E-state index >= 15 is 0 Å². The molecule has 0 unspecified atom stereocenters. The van der Waals surface area contributed by atoms with Crippen molar-refractivity contribution < 1.29 is 17.9 Å². The fraction of sp³-hybridized carbons (Fsp3) is 0.143. The van der Waals surface area contributed by atoms with E-state index in [2.05, 4.69) is 0 Å². The molecule has 0 saturated carbocycles. The van der Waals surface area contributed by atoms with Crippen molar-refractivity contribution in [2.75, 3.05) is 7.11 Å². The zero-order valence-corrected chi connectivity index (χ0v) is 12.8. The highest BCUT2D eigenvalue weighted by atomic mass is 35.5. The predicted molar refractivity (Wildman–Crippen MR) is 78.5 cm³/mol. The second kappa shape index (κ2) is 5.95. The van der Waals surface area contributed by atoms with Gasteiger partial charge in [-0.3, -0.25) is 0 Å². The molecule has 2 aromatic rings. The maximum atomic E-state index is 13.2. The van der Waals surface area contributed by atoms with E-state index in [1.165, 1.54) is 31.4 Å². The van der Waals surface area contributed by atoms with Crippen molar-refractivity contribution in [1.82, 2.24) is 0 Å². The number of methoxy groups -OCH3 is 1. The van der Waals surface area contributed by atoms with Crippen LogP contribution in [-0.2, 0) is 6.18 Å². The molecule has 0 spiro atoms. The summed E-state index contributed by atoms with van der Waals surface area (Å²) in [7, 11) is 1.36. The third-order valence-corrected chi connectivity index (χ3v) is 3.84. The first-order valence-corrected chi connectivity index (χ1v) is 6.77. The van der Waals surface area contributed by atoms with Gasteiger partial charge in [-0.15, -0.1) is 0 Å². The smallest absolute Gasteiger partial charge is 0.417 e. The molecule has 2 aromatic carbocycles. The molecule has 0 saturated heterocycles. The summed E-state index contributed by atoms with van der Waals surface area (Å²) in [5.41, 5.74) is -0.889. The molecule has 0 heterocycles. The van der Waals surface area contributed by atoms with E-state index < -0.39 is 11.7 Å². The molecular formula is C14H8Cl3F3O. The van der Waals surface area contributed by atoms with Gasteiger partial charge in [0.2, 0.25) is 0 Å². The molecule has 0 aromatic heterocycles. The van der Waals surface area contributed by atoms with Gasteiger partial charge < -0.3 is 4.74 Å². The van der Waals surface area contributed by atoms with Crippen LogP contribution in [0, 0.1) is 0 Å². The molecule has 0 amide bonds. The van der Waals surface area contributed by atoms with Crippen LogP contribution >= 0.6 is 34.8 Å². The third kappa shape index (κ3) is 3.39. The van der Waals surface area contributed by atoms with E-state index in [1.807, 2.05) is 0 Å². The van der Waals surface area contributed by atoms with Crippen LogP contribution in [0.1, 0.15) is 5.56 Å². The Morgan fingerprint density at radius 3 is 2.19 bits per heavy atom. The lowest BCUT2D eigenvalue weighted by molar-refractivity contribution is -0.137. The van der Waals surface area contributed by atoms with Gasteiger partial charge in [-0.25, -0.2) is 0 Å². The van der Waals surface area contributed by atoms with E-state index in [-0.39, 0.29) is 31.9 Å². The molecule has 0 radical (unpaired) electrons. The van der Waals surface area contributed by atoms with E-state index in [4.69, 9.17) is 39.5 Å². The molecule has 0 aliphatic carbocycles. The van der Waals surface area contributed by atoms with Crippen molar-refractivity contribution in [1.29, 1.82) is 0 Å². The molecule has 0 aliphatic rings. The average molecular weight is 356 g/mol. The molecule has 0 N–H and O–H groups in total. The molecule has 1 nitrogen and oxygen atoms in total. The van der Waals surface area contributed by atoms with E-state index in [1.54, 1.807) is 0 Å². The second-order valence-electron chi connectivity index (χ2n) is 4.16. The van der Waals surface area contributed by atoms with Gasteiger partial charge >= 0.3 is 6.18 Å². The largest absolute Gasteiger partial charge is 0.497 e. The van der Waals surface area contributed by atoms with Gasteiger partial charge in [-0.2, -0.15) is 13.2 Å². The second-order valence-corrected chi connectivity index (χ2v) is 5.38. The van der Waals surface area contributed by atoms with Crippen molar-refractivity contribution >= 4 is 34.8 Å². The molecule has 0 aliphatic heterocycles. The SMILES string of the molecule is COc1ccc(C(F)(F)F)c(-c2cc(Cl)cc(Cl)c2Cl)c1. The molecule has 0 bridgehead atoms. The van der Waals surface area contributed by atoms with Crippen LogP contribution in [0.5, 0.6) is 5.75 Å². The Balaban J connectivity index is 2.78. The minimum Gasteiger partial charge on any atom is -0.497 e. The highest BCUT2D eigenvalue weighted by Crippen LogP contribution is 2.43. The molecule has 0 atom stereocenters. The summed E-state index contributed by atoms with van der Waals surface area (Å²) in [6, 6.07) is 6.10. The first kappa shape index (κ1) is 16.3. The zero-order valence-electron chi connectivity index (χ0n) is 10.6. The summed E-state index contributed by atoms with van der Waals surface area (Å²) in [6.07, 6.45) is -4.54. The Morgan fingerprint density at radius 1 is 0.952 bits per heavy atom. The van der Waals surface area contributed by atoms with Crippen molar-refractivity contribution in [2.45, 2.75) is 6.18 Å². The highest BCUT2D eigenvalue weighted by Gasteiger charge is 2.34. The molecule has 0 fully saturated rings. The quantitative estimate of drug-likeness (QED) is 0.571. The summed E-state index contributed by atoms with van der Waals surface area (Å²) >= 11 is 17.8. The number of alkyl halides is 3. The lowest BCUT2D eigenvalue weighted by Gasteiger charge is -2.16. The van der Waals surface area contributed by atoms with E-state index in [9.17, 15) is 13.2 Å². The average Bonchev–Trinajstić information content (AvgIpc) is 2.41. The van der Waals surface area contributed by atoms with Crippen LogP contribution in [0.25, 0.3) is 11.1 Å². The maximum absolute atomic E-state index is 13.2. The van der Waals surface area contributed by atoms with Crippen LogP contribution in [0.3, 0.4) is 0 Å². The van der Waals surface area contributed by atoms with Gasteiger partial charge in [0.05, 0.1) is 22.7 Å². The van der Waals surface area contributed by atoms with Crippen LogP contribution in [0.15, 0.2) is 30.3 Å². The highest BCUT2D eigenvalue weighted by molar-refractivity contribution is 6.45. The number of hydrogen-bond donors (Lipinski definition) is 0. The number of ether oxygens (including phenoxy) is 1. The Kier molecular flexibility index (Phi) is 4.61. The summed E-state index contributed by atoms with van der Waals surface area (Å²) in [6.45, 7) is 0. The number of halogens is 6. The predicted octanol–water partition coefficient (Wildman–Crippen LogP) is 6.34. The molecule has 112 valence electrons. The van der Waals surface area contributed by atoms with E-state index in [0.717, 1.165) is 6.07 Å². The first-order valence-electron chi connectivity index (χ1n) is 5.64. The van der Waals surface area contributed by atoms with Crippen molar-refractivity contribution in [3.05, 3.63) is 51.0 Å². The standard InChI is InChI=1S/C14H8Cl3F3O/c1-21-8-2-3-11(14(18,19)20)9(6-8)10-4-7(15)5-12(16)13(10)17/h2-6H,1H3. The van der Waals surface area contributed by atoms with Gasteiger partial charge in [0.1, 0.15) is 5.75 Å². The van der Waals surface area contributed by atoms with Gasteiger partial charge in [0.25, 0.3) is 0 Å². The molecular weight excluding hydrogens is 348 g/mol. The number of benzene rings is 2. The van der Waals surface area contributed by atoms with Crippen molar-refractivity contribution in [2.24, 2.45) is 0 Å². The molecule has 2 rings (SSSR count). The van der Waals surface area contributed by atoms with Crippen molar-refractivity contribution in [3.63, 3.8) is 0 Å². The lowest BCUT2D eigenvalue weighted by atomic mass is 9.98.